The molecule has 4 nitrogen and oxygen atoms in total. The maximum absolute atomic E-state index is 9.87. The van der Waals surface area contributed by atoms with Gasteiger partial charge < -0.3 is 14.6 Å². The Morgan fingerprint density at radius 1 is 1.11 bits per heavy atom. The minimum Gasteiger partial charge on any atom is -0.504 e. The maximum atomic E-state index is 9.87. The van der Waals surface area contributed by atoms with E-state index in [-0.39, 0.29) is 5.75 Å². The van der Waals surface area contributed by atoms with Crippen molar-refractivity contribution >= 4 is 0 Å². The molecular weight excluding hydrogens is 242 g/mol. The van der Waals surface area contributed by atoms with Crippen molar-refractivity contribution in [1.82, 2.24) is 4.98 Å². The Bertz CT molecular complexity index is 555. The zero-order chi connectivity index (χ0) is 13.7. The fourth-order valence-electron chi connectivity index (χ4n) is 1.66. The van der Waals surface area contributed by atoms with Gasteiger partial charge in [0, 0.05) is 12.1 Å². The fraction of sp³-hybridized carbons (Fsp3) is 0.267. The predicted octanol–water partition coefficient (Wildman–Crippen LogP) is 3.54. The molecule has 1 aromatic heterocycles. The summed E-state index contributed by atoms with van der Waals surface area (Å²) in [5, 5.41) is 9.87. The van der Waals surface area contributed by atoms with Crippen molar-refractivity contribution in [2.75, 3.05) is 6.61 Å². The largest absolute Gasteiger partial charge is 0.504 e. The van der Waals surface area contributed by atoms with Gasteiger partial charge in [-0.1, -0.05) is 19.1 Å². The highest BCUT2D eigenvalue weighted by atomic mass is 16.5. The summed E-state index contributed by atoms with van der Waals surface area (Å²) in [6, 6.07) is 10.6. The number of pyridine rings is 1. The summed E-state index contributed by atoms with van der Waals surface area (Å²) in [7, 11) is 0. The maximum Gasteiger partial charge on any atom is 0.222 e. The third-order valence-electron chi connectivity index (χ3n) is 2.64. The minimum absolute atomic E-state index is 0.114. The quantitative estimate of drug-likeness (QED) is 0.892. The van der Waals surface area contributed by atoms with Gasteiger partial charge in [-0.2, -0.15) is 4.98 Å². The van der Waals surface area contributed by atoms with Crippen molar-refractivity contribution in [3.8, 4) is 23.3 Å². The first-order valence-electron chi connectivity index (χ1n) is 6.32. The van der Waals surface area contributed by atoms with Crippen molar-refractivity contribution in [3.05, 3.63) is 42.0 Å². The van der Waals surface area contributed by atoms with Gasteiger partial charge in [0.2, 0.25) is 11.8 Å². The van der Waals surface area contributed by atoms with Crippen molar-refractivity contribution in [1.29, 1.82) is 0 Å². The molecule has 0 unspecified atom stereocenters. The van der Waals surface area contributed by atoms with E-state index in [4.69, 9.17) is 9.47 Å². The van der Waals surface area contributed by atoms with E-state index in [0.29, 0.717) is 24.1 Å². The molecule has 0 aliphatic carbocycles. The van der Waals surface area contributed by atoms with Gasteiger partial charge in [-0.25, -0.2) is 0 Å². The topological polar surface area (TPSA) is 51.6 Å². The summed E-state index contributed by atoms with van der Waals surface area (Å²) >= 11 is 0. The van der Waals surface area contributed by atoms with Crippen molar-refractivity contribution in [3.63, 3.8) is 0 Å². The Balaban J connectivity index is 2.18. The number of phenolic OH excluding ortho intramolecular Hbond substituents is 1. The first-order valence-corrected chi connectivity index (χ1v) is 6.32. The van der Waals surface area contributed by atoms with Gasteiger partial charge >= 0.3 is 0 Å². The zero-order valence-electron chi connectivity index (χ0n) is 11.1. The molecule has 1 N–H and O–H groups in total. The van der Waals surface area contributed by atoms with Crippen LogP contribution in [-0.4, -0.2) is 16.7 Å². The van der Waals surface area contributed by atoms with E-state index >= 15 is 0 Å². The smallest absolute Gasteiger partial charge is 0.222 e. The number of hydrogen-bond acceptors (Lipinski definition) is 4. The summed E-state index contributed by atoms with van der Waals surface area (Å²) in [5.74, 6) is 1.40. The van der Waals surface area contributed by atoms with E-state index in [0.717, 1.165) is 12.0 Å². The van der Waals surface area contributed by atoms with Crippen LogP contribution in [0.3, 0.4) is 0 Å². The molecule has 0 bridgehead atoms. The number of nitrogens with zero attached hydrogens (tertiary/aromatic N) is 1. The number of phenols is 1. The van der Waals surface area contributed by atoms with Crippen LogP contribution in [-0.2, 0) is 6.42 Å². The van der Waals surface area contributed by atoms with Gasteiger partial charge in [-0.3, -0.25) is 0 Å². The molecule has 1 aromatic carbocycles. The second-order valence-corrected chi connectivity index (χ2v) is 4.00. The van der Waals surface area contributed by atoms with Crippen molar-refractivity contribution in [2.24, 2.45) is 0 Å². The molecule has 1 heterocycles. The van der Waals surface area contributed by atoms with E-state index in [1.54, 1.807) is 30.3 Å². The average molecular weight is 259 g/mol. The summed E-state index contributed by atoms with van der Waals surface area (Å²) in [4.78, 5) is 4.19. The average Bonchev–Trinajstić information content (AvgIpc) is 2.42. The standard InChI is InChI=1S/C15H17NO3/c1-3-11-8-9-13(12(17)10-11)19-15-7-5-6-14(16-15)18-4-2/h5-10,17H,3-4H2,1-2H3. The van der Waals surface area contributed by atoms with Gasteiger partial charge in [-0.05, 0) is 31.0 Å². The number of hydrogen-bond donors (Lipinski definition) is 1. The van der Waals surface area contributed by atoms with E-state index in [9.17, 15) is 5.11 Å². The van der Waals surface area contributed by atoms with Gasteiger partial charge in [0.05, 0.1) is 6.61 Å². The summed E-state index contributed by atoms with van der Waals surface area (Å²) in [6.45, 7) is 4.47. The van der Waals surface area contributed by atoms with E-state index < -0.39 is 0 Å². The lowest BCUT2D eigenvalue weighted by atomic mass is 10.1. The normalized spacial score (nSPS) is 10.2. The van der Waals surface area contributed by atoms with Crippen LogP contribution in [0.2, 0.25) is 0 Å². The molecule has 0 amide bonds. The number of aryl methyl sites for hydroxylation is 1. The van der Waals surface area contributed by atoms with Crippen LogP contribution < -0.4 is 9.47 Å². The van der Waals surface area contributed by atoms with Gasteiger partial charge in [-0.15, -0.1) is 0 Å². The summed E-state index contributed by atoms with van der Waals surface area (Å²) in [6.07, 6.45) is 0.867. The SMILES string of the molecule is CCOc1cccc(Oc2ccc(CC)cc2O)n1. The Morgan fingerprint density at radius 2 is 1.89 bits per heavy atom. The lowest BCUT2D eigenvalue weighted by Gasteiger charge is -2.09. The lowest BCUT2D eigenvalue weighted by molar-refractivity contribution is 0.319. The Morgan fingerprint density at radius 3 is 2.58 bits per heavy atom. The number of ether oxygens (including phenoxy) is 2. The Labute approximate surface area is 112 Å². The van der Waals surface area contributed by atoms with E-state index in [1.165, 1.54) is 0 Å². The van der Waals surface area contributed by atoms with Crippen LogP contribution in [0.4, 0.5) is 0 Å². The third kappa shape index (κ3) is 3.37. The first kappa shape index (κ1) is 13.2. The van der Waals surface area contributed by atoms with Crippen LogP contribution in [0, 0.1) is 0 Å². The molecule has 0 aliphatic heterocycles. The van der Waals surface area contributed by atoms with Crippen LogP contribution in [0.5, 0.6) is 23.3 Å². The molecule has 2 rings (SSSR count). The molecule has 2 aromatic rings. The number of benzene rings is 1. The monoisotopic (exact) mass is 259 g/mol. The van der Waals surface area contributed by atoms with E-state index in [1.807, 2.05) is 19.9 Å². The molecule has 0 saturated heterocycles. The molecule has 0 atom stereocenters. The van der Waals surface area contributed by atoms with Crippen LogP contribution >= 0.6 is 0 Å². The molecule has 100 valence electrons. The molecule has 4 heteroatoms. The first-order chi connectivity index (χ1) is 9.22. The second kappa shape index (κ2) is 6.09. The molecule has 0 radical (unpaired) electrons. The fourth-order valence-corrected chi connectivity index (χ4v) is 1.66. The summed E-state index contributed by atoms with van der Waals surface area (Å²) < 4.78 is 10.9. The highest BCUT2D eigenvalue weighted by Gasteiger charge is 2.06. The zero-order valence-corrected chi connectivity index (χ0v) is 11.1. The molecule has 0 saturated carbocycles. The van der Waals surface area contributed by atoms with Crippen molar-refractivity contribution < 1.29 is 14.6 Å². The van der Waals surface area contributed by atoms with Crippen LogP contribution in [0.1, 0.15) is 19.4 Å². The third-order valence-corrected chi connectivity index (χ3v) is 2.64. The Hall–Kier alpha value is -2.23. The van der Waals surface area contributed by atoms with Gasteiger partial charge in [0.1, 0.15) is 0 Å². The molecule has 0 fully saturated rings. The van der Waals surface area contributed by atoms with Crippen LogP contribution in [0.15, 0.2) is 36.4 Å². The van der Waals surface area contributed by atoms with Gasteiger partial charge in [0.25, 0.3) is 0 Å². The highest BCUT2D eigenvalue weighted by molar-refractivity contribution is 5.43. The molecule has 19 heavy (non-hydrogen) atoms. The lowest BCUT2D eigenvalue weighted by Crippen LogP contribution is -1.95. The molecule has 0 spiro atoms. The van der Waals surface area contributed by atoms with E-state index in [2.05, 4.69) is 4.98 Å². The highest BCUT2D eigenvalue weighted by Crippen LogP contribution is 2.31. The minimum atomic E-state index is 0.114. The number of aromatic nitrogens is 1. The number of aromatic hydroxyl groups is 1. The van der Waals surface area contributed by atoms with Crippen LogP contribution in [0.25, 0.3) is 0 Å². The van der Waals surface area contributed by atoms with Crippen molar-refractivity contribution in [2.45, 2.75) is 20.3 Å². The number of rotatable bonds is 5. The Kier molecular flexibility index (Phi) is 4.23. The van der Waals surface area contributed by atoms with Gasteiger partial charge in [0.15, 0.2) is 11.5 Å². The second-order valence-electron chi connectivity index (χ2n) is 4.00. The molecular formula is C15H17NO3. The predicted molar refractivity (Wildman–Crippen MR) is 73.0 cm³/mol. The summed E-state index contributed by atoms with van der Waals surface area (Å²) in [5.41, 5.74) is 1.06. The molecule has 0 aliphatic rings.